The van der Waals surface area contributed by atoms with Crippen LogP contribution >= 0.6 is 0 Å². The molecule has 1 aromatic carbocycles. The monoisotopic (exact) mass is 434 g/mol. The normalized spacial score (nSPS) is 17.4. The van der Waals surface area contributed by atoms with E-state index in [1.165, 1.54) is 13.0 Å². The standard InChI is InChI=1S/C22H29F3N6/c1-14-16(5-4-6-19(14)22(23,24)25)12-29-21(27)18-11-17(13-28-20(18)15(2)26)31-9-7-30(3)8-10-31/h4-6,11,13,29H,7-10,12,26-27H2,1-3H3/b20-15+,21-18+. The molecule has 0 unspecified atom stereocenters. The molecular formula is C22H29F3N6. The van der Waals surface area contributed by atoms with E-state index in [0.29, 0.717) is 27.6 Å². The predicted molar refractivity (Wildman–Crippen MR) is 117 cm³/mol. The van der Waals surface area contributed by atoms with Crippen LogP contribution in [0.2, 0.25) is 0 Å². The lowest BCUT2D eigenvalue weighted by molar-refractivity contribution is -0.138. The molecule has 0 bridgehead atoms. The Labute approximate surface area is 180 Å². The lowest BCUT2D eigenvalue weighted by atomic mass is 10.0. The number of hydrogen-bond acceptors (Lipinski definition) is 6. The van der Waals surface area contributed by atoms with Crippen molar-refractivity contribution in [1.29, 1.82) is 0 Å². The molecule has 3 rings (SSSR count). The molecule has 0 atom stereocenters. The van der Waals surface area contributed by atoms with Crippen molar-refractivity contribution in [1.82, 2.24) is 15.2 Å². The molecule has 0 amide bonds. The predicted octanol–water partition coefficient (Wildman–Crippen LogP) is 1.06. The second-order valence-electron chi connectivity index (χ2n) is 7.92. The molecule has 0 saturated carbocycles. The van der Waals surface area contributed by atoms with Crippen LogP contribution in [0.4, 0.5) is 18.9 Å². The zero-order valence-electron chi connectivity index (χ0n) is 18.1. The Balaban J connectivity index is 1.94. The first-order valence-electron chi connectivity index (χ1n) is 10.1. The fourth-order valence-electron chi connectivity index (χ4n) is 3.68. The summed E-state index contributed by atoms with van der Waals surface area (Å²) in [5, 5.41) is 4.26. The summed E-state index contributed by atoms with van der Waals surface area (Å²) in [6, 6.07) is 6.08. The molecule has 1 aliphatic rings. The first-order chi connectivity index (χ1) is 14.6. The van der Waals surface area contributed by atoms with Gasteiger partial charge in [0.2, 0.25) is 0 Å². The first-order valence-corrected chi connectivity index (χ1v) is 10.1. The molecule has 31 heavy (non-hydrogen) atoms. The van der Waals surface area contributed by atoms with Crippen LogP contribution in [0.25, 0.3) is 11.5 Å². The van der Waals surface area contributed by atoms with Crippen LogP contribution in [0.3, 0.4) is 0 Å². The minimum Gasteiger partial charge on any atom is -0.401 e. The van der Waals surface area contributed by atoms with Crippen molar-refractivity contribution in [3.05, 3.63) is 57.7 Å². The number of nitrogens with zero attached hydrogens (tertiary/aromatic N) is 3. The summed E-state index contributed by atoms with van der Waals surface area (Å²) < 4.78 is 39.6. The van der Waals surface area contributed by atoms with Crippen LogP contribution in [0.1, 0.15) is 23.6 Å². The Morgan fingerprint density at radius 2 is 1.84 bits per heavy atom. The molecule has 1 fully saturated rings. The number of alkyl halides is 3. The number of hydrogen-bond donors (Lipinski definition) is 3. The lowest BCUT2D eigenvalue weighted by Crippen LogP contribution is -2.46. The first kappa shape index (κ1) is 22.7. The van der Waals surface area contributed by atoms with Crippen molar-refractivity contribution in [2.24, 2.45) is 11.5 Å². The molecule has 6 nitrogen and oxygen atoms in total. The van der Waals surface area contributed by atoms with Crippen molar-refractivity contribution in [2.45, 2.75) is 26.6 Å². The van der Waals surface area contributed by atoms with Crippen LogP contribution in [-0.2, 0) is 12.7 Å². The number of nitrogens with two attached hydrogens (primary N) is 2. The van der Waals surface area contributed by atoms with E-state index in [9.17, 15) is 13.2 Å². The molecule has 1 aliphatic heterocycles. The quantitative estimate of drug-likeness (QED) is 0.668. The van der Waals surface area contributed by atoms with Crippen LogP contribution < -0.4 is 32.3 Å². The number of halogens is 3. The maximum absolute atomic E-state index is 13.2. The minimum atomic E-state index is -4.39. The second-order valence-corrected chi connectivity index (χ2v) is 7.92. The Morgan fingerprint density at radius 3 is 2.45 bits per heavy atom. The number of rotatable bonds is 4. The van der Waals surface area contributed by atoms with E-state index in [1.807, 2.05) is 6.07 Å². The van der Waals surface area contributed by atoms with Crippen LogP contribution in [-0.4, -0.2) is 43.1 Å². The summed E-state index contributed by atoms with van der Waals surface area (Å²) >= 11 is 0. The molecule has 0 spiro atoms. The molecule has 168 valence electrons. The Kier molecular flexibility index (Phi) is 6.64. The SMILES string of the molecule is C/C(N)=c1\ncc(N2CCN(C)CC2)c\c1=C(\N)NCc1cccc(C(F)(F)F)c1C. The summed E-state index contributed by atoms with van der Waals surface area (Å²) in [5.74, 6) is 0.320. The van der Waals surface area contributed by atoms with Gasteiger partial charge in [0, 0.05) is 43.6 Å². The highest BCUT2D eigenvalue weighted by Crippen LogP contribution is 2.32. The molecule has 0 aliphatic carbocycles. The third kappa shape index (κ3) is 5.22. The average Bonchev–Trinajstić information content (AvgIpc) is 2.72. The van der Waals surface area contributed by atoms with Crippen molar-refractivity contribution in [2.75, 3.05) is 38.1 Å². The molecule has 5 N–H and O–H groups in total. The third-order valence-corrected chi connectivity index (χ3v) is 5.63. The summed E-state index contributed by atoms with van der Waals surface area (Å²) in [6.45, 7) is 7.01. The Hall–Kier alpha value is -2.94. The van der Waals surface area contributed by atoms with E-state index in [-0.39, 0.29) is 12.1 Å². The highest BCUT2D eigenvalue weighted by Gasteiger charge is 2.32. The van der Waals surface area contributed by atoms with Gasteiger partial charge in [-0.2, -0.15) is 13.2 Å². The van der Waals surface area contributed by atoms with Crippen molar-refractivity contribution in [3.63, 3.8) is 0 Å². The molecule has 2 heterocycles. The molecule has 2 aromatic rings. The van der Waals surface area contributed by atoms with Crippen LogP contribution in [0.5, 0.6) is 0 Å². The molecular weight excluding hydrogens is 405 g/mol. The van der Waals surface area contributed by atoms with Gasteiger partial charge in [-0.1, -0.05) is 12.1 Å². The summed E-state index contributed by atoms with van der Waals surface area (Å²) in [4.78, 5) is 9.00. The van der Waals surface area contributed by atoms with Crippen molar-refractivity contribution in [3.8, 4) is 0 Å². The number of aromatic nitrogens is 1. The average molecular weight is 435 g/mol. The van der Waals surface area contributed by atoms with Gasteiger partial charge in [0.1, 0.15) is 5.82 Å². The number of likely N-dealkylation sites (N-methyl/N-ethyl adjacent to an activating group) is 1. The largest absolute Gasteiger partial charge is 0.416 e. The van der Waals surface area contributed by atoms with Gasteiger partial charge in [-0.15, -0.1) is 0 Å². The number of nitrogens with one attached hydrogen (secondary N) is 1. The molecule has 9 heteroatoms. The van der Waals surface area contributed by atoms with Gasteiger partial charge in [0.05, 0.1) is 22.8 Å². The summed E-state index contributed by atoms with van der Waals surface area (Å²) in [6.07, 6.45) is -2.61. The number of benzene rings is 1. The highest BCUT2D eigenvalue weighted by molar-refractivity contribution is 5.52. The van der Waals surface area contributed by atoms with Gasteiger partial charge in [-0.05, 0) is 44.2 Å². The van der Waals surface area contributed by atoms with Crippen molar-refractivity contribution < 1.29 is 13.2 Å². The summed E-state index contributed by atoms with van der Waals surface area (Å²) in [5.41, 5.74) is 13.8. The lowest BCUT2D eigenvalue weighted by Gasteiger charge is -2.33. The van der Waals surface area contributed by atoms with Gasteiger partial charge < -0.3 is 26.6 Å². The topological polar surface area (TPSA) is 83.4 Å². The van der Waals surface area contributed by atoms with Gasteiger partial charge >= 0.3 is 6.18 Å². The minimum absolute atomic E-state index is 0.156. The zero-order valence-corrected chi connectivity index (χ0v) is 18.1. The van der Waals surface area contributed by atoms with E-state index in [0.717, 1.165) is 37.9 Å². The zero-order chi connectivity index (χ0) is 22.8. The van der Waals surface area contributed by atoms with Crippen molar-refractivity contribution >= 4 is 17.2 Å². The molecule has 1 saturated heterocycles. The molecule has 1 aromatic heterocycles. The van der Waals surface area contributed by atoms with Gasteiger partial charge in [0.25, 0.3) is 0 Å². The van der Waals surface area contributed by atoms with Gasteiger partial charge in [0.15, 0.2) is 0 Å². The Bertz CT molecular complexity index is 1050. The fourth-order valence-corrected chi connectivity index (χ4v) is 3.68. The molecule has 0 radical (unpaired) electrons. The van der Waals surface area contributed by atoms with E-state index < -0.39 is 11.7 Å². The smallest absolute Gasteiger partial charge is 0.401 e. The summed E-state index contributed by atoms with van der Waals surface area (Å²) in [7, 11) is 2.09. The van der Waals surface area contributed by atoms with Crippen LogP contribution in [0, 0.1) is 6.92 Å². The van der Waals surface area contributed by atoms with Gasteiger partial charge in [-0.3, -0.25) is 4.98 Å². The van der Waals surface area contributed by atoms with Gasteiger partial charge in [-0.25, -0.2) is 0 Å². The maximum Gasteiger partial charge on any atom is 0.416 e. The van der Waals surface area contributed by atoms with E-state index in [2.05, 4.69) is 27.1 Å². The second kappa shape index (κ2) is 9.05. The number of piperazine rings is 1. The van der Waals surface area contributed by atoms with E-state index >= 15 is 0 Å². The number of pyridine rings is 1. The highest BCUT2D eigenvalue weighted by atomic mass is 19.4. The van der Waals surface area contributed by atoms with E-state index in [4.69, 9.17) is 11.5 Å². The third-order valence-electron chi connectivity index (χ3n) is 5.63. The van der Waals surface area contributed by atoms with E-state index in [1.54, 1.807) is 19.2 Å². The van der Waals surface area contributed by atoms with Crippen LogP contribution in [0.15, 0.2) is 30.5 Å². The number of anilines is 1. The maximum atomic E-state index is 13.2. The Morgan fingerprint density at radius 1 is 1.16 bits per heavy atom. The fraction of sp³-hybridized carbons (Fsp3) is 0.409.